The third kappa shape index (κ3) is 4.73. The van der Waals surface area contributed by atoms with Gasteiger partial charge in [-0.2, -0.15) is 0 Å². The van der Waals surface area contributed by atoms with Crippen LogP contribution in [0.15, 0.2) is 15.8 Å². The van der Waals surface area contributed by atoms with Crippen LogP contribution in [-0.2, 0) is 9.30 Å². The lowest BCUT2D eigenvalue weighted by atomic mass is 10.4. The standard InChI is InChI=1S/C9H15N2O7P/c1-6-4-11(9(14)10-8(6)13)7(18-3-2-12)5-19(15,16)17/h4,7,12H,2-3,5H2,1H3,(H,10,13,14)(H2,15,16,17)/t7-/m1/s1. The van der Waals surface area contributed by atoms with Gasteiger partial charge < -0.3 is 19.6 Å². The van der Waals surface area contributed by atoms with Gasteiger partial charge in [-0.1, -0.05) is 0 Å². The minimum absolute atomic E-state index is 0.197. The smallest absolute Gasteiger partial charge is 0.330 e. The van der Waals surface area contributed by atoms with E-state index in [1.54, 1.807) is 0 Å². The molecule has 0 aliphatic rings. The summed E-state index contributed by atoms with van der Waals surface area (Å²) in [6, 6.07) is 0. The Balaban J connectivity index is 3.17. The first-order chi connectivity index (χ1) is 8.74. The molecule has 0 saturated carbocycles. The zero-order valence-electron chi connectivity index (χ0n) is 10.1. The van der Waals surface area contributed by atoms with E-state index < -0.39 is 31.2 Å². The summed E-state index contributed by atoms with van der Waals surface area (Å²) < 4.78 is 16.9. The van der Waals surface area contributed by atoms with Crippen molar-refractivity contribution in [1.82, 2.24) is 9.55 Å². The van der Waals surface area contributed by atoms with Crippen LogP contribution in [0.25, 0.3) is 0 Å². The van der Waals surface area contributed by atoms with Crippen LogP contribution in [0.1, 0.15) is 11.8 Å². The molecule has 19 heavy (non-hydrogen) atoms. The molecule has 0 aromatic carbocycles. The quantitative estimate of drug-likeness (QED) is 0.469. The molecule has 9 nitrogen and oxygen atoms in total. The Labute approximate surface area is 107 Å². The molecule has 0 bridgehead atoms. The number of nitrogens with one attached hydrogen (secondary N) is 1. The van der Waals surface area contributed by atoms with Gasteiger partial charge in [0.25, 0.3) is 5.56 Å². The Morgan fingerprint density at radius 2 is 2.11 bits per heavy atom. The van der Waals surface area contributed by atoms with Gasteiger partial charge in [0, 0.05) is 11.8 Å². The van der Waals surface area contributed by atoms with Gasteiger partial charge in [0.1, 0.15) is 6.23 Å². The third-order valence-electron chi connectivity index (χ3n) is 2.25. The highest BCUT2D eigenvalue weighted by Gasteiger charge is 2.24. The largest absolute Gasteiger partial charge is 0.394 e. The van der Waals surface area contributed by atoms with Crippen LogP contribution >= 0.6 is 7.60 Å². The van der Waals surface area contributed by atoms with Crippen LogP contribution in [-0.4, -0.2) is 43.8 Å². The number of aromatic nitrogens is 2. The number of aliphatic hydroxyl groups excluding tert-OH is 1. The molecular formula is C9H15N2O7P. The van der Waals surface area contributed by atoms with Crippen LogP contribution in [0.3, 0.4) is 0 Å². The van der Waals surface area contributed by atoms with E-state index in [1.807, 2.05) is 4.98 Å². The lowest BCUT2D eigenvalue weighted by Gasteiger charge is -2.20. The lowest BCUT2D eigenvalue weighted by Crippen LogP contribution is -2.35. The molecule has 108 valence electrons. The maximum absolute atomic E-state index is 11.6. The Bertz CT molecular complexity index is 587. The second-order valence-electron chi connectivity index (χ2n) is 3.87. The molecule has 0 radical (unpaired) electrons. The molecule has 4 N–H and O–H groups in total. The first kappa shape index (κ1) is 15.8. The van der Waals surface area contributed by atoms with E-state index in [-0.39, 0.29) is 18.8 Å². The van der Waals surface area contributed by atoms with Crippen LogP contribution in [0, 0.1) is 6.92 Å². The normalized spacial score (nSPS) is 13.5. The van der Waals surface area contributed by atoms with Crippen molar-refractivity contribution in [3.63, 3.8) is 0 Å². The predicted octanol–water partition coefficient (Wildman–Crippen LogP) is -1.47. The van der Waals surface area contributed by atoms with Crippen molar-refractivity contribution in [3.05, 3.63) is 32.6 Å². The van der Waals surface area contributed by atoms with Crippen molar-refractivity contribution in [1.29, 1.82) is 0 Å². The van der Waals surface area contributed by atoms with Gasteiger partial charge >= 0.3 is 13.3 Å². The van der Waals surface area contributed by atoms with Crippen molar-refractivity contribution in [2.75, 3.05) is 19.4 Å². The van der Waals surface area contributed by atoms with Crippen molar-refractivity contribution in [2.45, 2.75) is 13.2 Å². The summed E-state index contributed by atoms with van der Waals surface area (Å²) in [5, 5.41) is 8.66. The summed E-state index contributed by atoms with van der Waals surface area (Å²) in [5.74, 6) is 0. The van der Waals surface area contributed by atoms with E-state index in [0.29, 0.717) is 0 Å². The molecule has 0 aliphatic heterocycles. The third-order valence-corrected chi connectivity index (χ3v) is 3.04. The molecule has 1 rings (SSSR count). The fourth-order valence-corrected chi connectivity index (χ4v) is 2.10. The number of hydrogen-bond donors (Lipinski definition) is 4. The molecule has 1 aromatic rings. The van der Waals surface area contributed by atoms with Gasteiger partial charge in [0.15, 0.2) is 0 Å². The number of hydrogen-bond acceptors (Lipinski definition) is 5. The Hall–Kier alpha value is -1.25. The van der Waals surface area contributed by atoms with Gasteiger partial charge in [-0.15, -0.1) is 0 Å². The number of H-pyrrole nitrogens is 1. The van der Waals surface area contributed by atoms with Crippen molar-refractivity contribution in [2.24, 2.45) is 0 Å². The summed E-state index contributed by atoms with van der Waals surface area (Å²) in [7, 11) is -4.43. The SMILES string of the molecule is Cc1cn([C@@H](CP(=O)(O)O)OCCO)c(=O)[nH]c1=O. The minimum atomic E-state index is -4.43. The summed E-state index contributed by atoms with van der Waals surface area (Å²) in [4.78, 5) is 42.7. The average molecular weight is 294 g/mol. The van der Waals surface area contributed by atoms with E-state index in [0.717, 1.165) is 10.8 Å². The second-order valence-corrected chi connectivity index (χ2v) is 5.57. The second kappa shape index (κ2) is 6.27. The molecule has 1 aromatic heterocycles. The fourth-order valence-electron chi connectivity index (χ4n) is 1.41. The molecule has 0 amide bonds. The maximum Gasteiger partial charge on any atom is 0.330 e. The molecule has 1 heterocycles. The molecule has 0 unspecified atom stereocenters. The minimum Gasteiger partial charge on any atom is -0.394 e. The van der Waals surface area contributed by atoms with E-state index in [1.165, 1.54) is 6.92 Å². The molecule has 0 aliphatic carbocycles. The average Bonchev–Trinajstić information content (AvgIpc) is 2.28. The Morgan fingerprint density at radius 3 is 2.63 bits per heavy atom. The summed E-state index contributed by atoms with van der Waals surface area (Å²) in [6.07, 6.45) is -0.854. The van der Waals surface area contributed by atoms with E-state index in [9.17, 15) is 14.2 Å². The molecule has 10 heteroatoms. The van der Waals surface area contributed by atoms with Gasteiger partial charge in [0.2, 0.25) is 0 Å². The molecule has 0 fully saturated rings. The van der Waals surface area contributed by atoms with Gasteiger partial charge in [0.05, 0.1) is 19.4 Å². The summed E-state index contributed by atoms with van der Waals surface area (Å²) in [6.45, 7) is 0.874. The van der Waals surface area contributed by atoms with Crippen LogP contribution in [0.4, 0.5) is 0 Å². The lowest BCUT2D eigenvalue weighted by molar-refractivity contribution is -0.00613. The molecular weight excluding hydrogens is 279 g/mol. The Kier molecular flexibility index (Phi) is 5.21. The highest BCUT2D eigenvalue weighted by atomic mass is 31.2. The van der Waals surface area contributed by atoms with E-state index in [2.05, 4.69) is 0 Å². The van der Waals surface area contributed by atoms with E-state index >= 15 is 0 Å². The van der Waals surface area contributed by atoms with Gasteiger partial charge in [-0.05, 0) is 6.92 Å². The van der Waals surface area contributed by atoms with Crippen molar-refractivity contribution in [3.8, 4) is 0 Å². The fraction of sp³-hybridized carbons (Fsp3) is 0.556. The number of rotatable bonds is 6. The monoisotopic (exact) mass is 294 g/mol. The van der Waals surface area contributed by atoms with Crippen LogP contribution < -0.4 is 11.2 Å². The number of ether oxygens (including phenoxy) is 1. The topological polar surface area (TPSA) is 142 Å². The van der Waals surface area contributed by atoms with Crippen LogP contribution in [0.2, 0.25) is 0 Å². The molecule has 0 saturated heterocycles. The Morgan fingerprint density at radius 1 is 1.47 bits per heavy atom. The molecule has 0 spiro atoms. The van der Waals surface area contributed by atoms with Crippen LogP contribution in [0.5, 0.6) is 0 Å². The predicted molar refractivity (Wildman–Crippen MR) is 65.0 cm³/mol. The zero-order valence-corrected chi connectivity index (χ0v) is 11.0. The highest BCUT2D eigenvalue weighted by molar-refractivity contribution is 7.51. The number of nitrogens with zero attached hydrogens (tertiary/aromatic N) is 1. The highest BCUT2D eigenvalue weighted by Crippen LogP contribution is 2.38. The number of aliphatic hydroxyl groups is 1. The molecule has 1 atom stereocenters. The first-order valence-corrected chi connectivity index (χ1v) is 7.13. The van der Waals surface area contributed by atoms with E-state index in [4.69, 9.17) is 19.6 Å². The van der Waals surface area contributed by atoms with Gasteiger partial charge in [-0.3, -0.25) is 18.9 Å². The summed E-state index contributed by atoms with van der Waals surface area (Å²) in [5.41, 5.74) is -1.23. The van der Waals surface area contributed by atoms with Crippen molar-refractivity contribution < 1.29 is 24.2 Å². The first-order valence-electron chi connectivity index (χ1n) is 5.33. The zero-order chi connectivity index (χ0) is 14.6. The maximum atomic E-state index is 11.6. The van der Waals surface area contributed by atoms with Crippen molar-refractivity contribution >= 4 is 7.60 Å². The number of aromatic amines is 1. The van der Waals surface area contributed by atoms with Gasteiger partial charge in [-0.25, -0.2) is 4.79 Å². The summed E-state index contributed by atoms with van der Waals surface area (Å²) >= 11 is 0. The number of aryl methyl sites for hydroxylation is 1.